The Morgan fingerprint density at radius 3 is 2.78 bits per heavy atom. The van der Waals surface area contributed by atoms with E-state index in [2.05, 4.69) is 17.5 Å². The molecule has 2 rings (SSSR count). The second kappa shape index (κ2) is 6.01. The van der Waals surface area contributed by atoms with Crippen molar-refractivity contribution in [3.8, 4) is 0 Å². The molecule has 96 valence electrons. The predicted octanol–water partition coefficient (Wildman–Crippen LogP) is 3.64. The highest BCUT2D eigenvalue weighted by Crippen LogP contribution is 2.21. The van der Waals surface area contributed by atoms with Crippen LogP contribution in [0.4, 0.5) is 0 Å². The zero-order chi connectivity index (χ0) is 13.0. The largest absolute Gasteiger partial charge is 0.271 e. The van der Waals surface area contributed by atoms with E-state index in [4.69, 9.17) is 11.6 Å². The van der Waals surface area contributed by atoms with E-state index in [0.717, 1.165) is 25.0 Å². The van der Waals surface area contributed by atoms with Crippen molar-refractivity contribution in [1.82, 2.24) is 5.43 Å². The summed E-state index contributed by atoms with van der Waals surface area (Å²) < 4.78 is 0. The van der Waals surface area contributed by atoms with Crippen molar-refractivity contribution in [3.05, 3.63) is 34.9 Å². The monoisotopic (exact) mass is 264 g/mol. The second-order valence-corrected chi connectivity index (χ2v) is 5.26. The zero-order valence-corrected chi connectivity index (χ0v) is 11.2. The maximum atomic E-state index is 11.8. The Labute approximate surface area is 112 Å². The Hall–Kier alpha value is -1.35. The first-order valence-electron chi connectivity index (χ1n) is 6.26. The van der Waals surface area contributed by atoms with E-state index in [1.807, 2.05) is 0 Å². The van der Waals surface area contributed by atoms with Gasteiger partial charge in [-0.05, 0) is 55.9 Å². The van der Waals surface area contributed by atoms with E-state index < -0.39 is 0 Å². The Morgan fingerprint density at radius 2 is 2.11 bits per heavy atom. The van der Waals surface area contributed by atoms with Crippen LogP contribution in [0, 0.1) is 5.92 Å². The van der Waals surface area contributed by atoms with E-state index in [9.17, 15) is 4.79 Å². The maximum Gasteiger partial charge on any atom is 0.271 e. The number of hydrogen-bond donors (Lipinski definition) is 1. The van der Waals surface area contributed by atoms with Crippen LogP contribution in [0.15, 0.2) is 29.4 Å². The Morgan fingerprint density at radius 1 is 1.39 bits per heavy atom. The van der Waals surface area contributed by atoms with Crippen molar-refractivity contribution >= 4 is 23.2 Å². The summed E-state index contributed by atoms with van der Waals surface area (Å²) in [6.07, 6.45) is 4.40. The zero-order valence-electron chi connectivity index (χ0n) is 10.4. The van der Waals surface area contributed by atoms with Gasteiger partial charge in [-0.3, -0.25) is 4.79 Å². The molecule has 0 spiro atoms. The summed E-state index contributed by atoms with van der Waals surface area (Å²) in [6.45, 7) is 2.22. The minimum Gasteiger partial charge on any atom is -0.267 e. The summed E-state index contributed by atoms with van der Waals surface area (Å²) in [7, 11) is 0. The minimum absolute atomic E-state index is 0.183. The maximum absolute atomic E-state index is 11.8. The van der Waals surface area contributed by atoms with E-state index in [-0.39, 0.29) is 5.91 Å². The standard InChI is InChI=1S/C14H17ClN2O/c1-10-3-2-4-13(9-10)16-17-14(18)11-5-7-12(15)8-6-11/h5-8,10H,2-4,9H2,1H3,(H,17,18)/b16-13+. The van der Waals surface area contributed by atoms with Crippen LogP contribution in [0.5, 0.6) is 0 Å². The summed E-state index contributed by atoms with van der Waals surface area (Å²) in [4.78, 5) is 11.8. The highest BCUT2D eigenvalue weighted by Gasteiger charge is 2.14. The second-order valence-electron chi connectivity index (χ2n) is 4.83. The number of nitrogens with one attached hydrogen (secondary N) is 1. The first-order valence-corrected chi connectivity index (χ1v) is 6.64. The van der Waals surface area contributed by atoms with Gasteiger partial charge in [0.15, 0.2) is 0 Å². The van der Waals surface area contributed by atoms with E-state index in [1.165, 1.54) is 6.42 Å². The number of amides is 1. The van der Waals surface area contributed by atoms with Gasteiger partial charge < -0.3 is 0 Å². The van der Waals surface area contributed by atoms with Crippen LogP contribution in [0.25, 0.3) is 0 Å². The molecule has 1 aromatic carbocycles. The normalized spacial score (nSPS) is 21.9. The third-order valence-electron chi connectivity index (χ3n) is 3.17. The molecule has 3 nitrogen and oxygen atoms in total. The van der Waals surface area contributed by atoms with Gasteiger partial charge in [-0.1, -0.05) is 18.5 Å². The van der Waals surface area contributed by atoms with Crippen LogP contribution < -0.4 is 5.43 Å². The summed E-state index contributed by atoms with van der Waals surface area (Å²) in [5, 5.41) is 4.84. The quantitative estimate of drug-likeness (QED) is 0.814. The number of hydrogen-bond acceptors (Lipinski definition) is 2. The van der Waals surface area contributed by atoms with Crippen LogP contribution in [-0.4, -0.2) is 11.6 Å². The molecule has 0 heterocycles. The smallest absolute Gasteiger partial charge is 0.267 e. The fraction of sp³-hybridized carbons (Fsp3) is 0.429. The molecule has 1 N–H and O–H groups in total. The number of nitrogens with zero attached hydrogens (tertiary/aromatic N) is 1. The molecule has 0 bridgehead atoms. The SMILES string of the molecule is CC1CCC/C(=N\NC(=O)c2ccc(Cl)cc2)C1. The molecule has 1 atom stereocenters. The van der Waals surface area contributed by atoms with Crippen LogP contribution in [0.2, 0.25) is 5.02 Å². The molecule has 1 saturated carbocycles. The average Bonchev–Trinajstić information content (AvgIpc) is 2.37. The van der Waals surface area contributed by atoms with Crippen molar-refractivity contribution in [2.75, 3.05) is 0 Å². The topological polar surface area (TPSA) is 41.5 Å². The van der Waals surface area contributed by atoms with E-state index in [0.29, 0.717) is 16.5 Å². The molecule has 0 aliphatic heterocycles. The molecule has 0 aromatic heterocycles. The highest BCUT2D eigenvalue weighted by molar-refractivity contribution is 6.30. The van der Waals surface area contributed by atoms with Crippen LogP contribution in [0.3, 0.4) is 0 Å². The van der Waals surface area contributed by atoms with Crippen LogP contribution in [0.1, 0.15) is 43.0 Å². The van der Waals surface area contributed by atoms with Crippen molar-refractivity contribution in [3.63, 3.8) is 0 Å². The van der Waals surface area contributed by atoms with Crippen molar-refractivity contribution in [2.45, 2.75) is 32.6 Å². The molecule has 4 heteroatoms. The molecular weight excluding hydrogens is 248 g/mol. The molecule has 0 saturated heterocycles. The number of benzene rings is 1. The highest BCUT2D eigenvalue weighted by atomic mass is 35.5. The van der Waals surface area contributed by atoms with Crippen molar-refractivity contribution < 1.29 is 4.79 Å². The molecule has 1 unspecified atom stereocenters. The first kappa shape index (κ1) is 13.1. The third-order valence-corrected chi connectivity index (χ3v) is 3.42. The predicted molar refractivity (Wildman–Crippen MR) is 74.0 cm³/mol. The van der Waals surface area contributed by atoms with Gasteiger partial charge in [-0.2, -0.15) is 5.10 Å². The lowest BCUT2D eigenvalue weighted by Gasteiger charge is -2.18. The number of rotatable bonds is 2. The molecule has 1 amide bonds. The van der Waals surface area contributed by atoms with Gasteiger partial charge in [0, 0.05) is 16.3 Å². The molecule has 1 fully saturated rings. The Balaban J connectivity index is 1.95. The molecular formula is C14H17ClN2O. The summed E-state index contributed by atoms with van der Waals surface area (Å²) >= 11 is 5.77. The van der Waals surface area contributed by atoms with E-state index in [1.54, 1.807) is 24.3 Å². The molecule has 18 heavy (non-hydrogen) atoms. The number of halogens is 1. The Bertz CT molecular complexity index is 453. The van der Waals surface area contributed by atoms with Gasteiger partial charge in [0.25, 0.3) is 5.91 Å². The molecule has 0 radical (unpaired) electrons. The first-order chi connectivity index (χ1) is 8.65. The molecule has 1 aliphatic rings. The number of hydrazone groups is 1. The number of carbonyl (C=O) groups excluding carboxylic acids is 1. The fourth-order valence-electron chi connectivity index (χ4n) is 2.16. The third kappa shape index (κ3) is 3.57. The lowest BCUT2D eigenvalue weighted by Crippen LogP contribution is -2.22. The van der Waals surface area contributed by atoms with Crippen molar-refractivity contribution in [1.29, 1.82) is 0 Å². The lowest BCUT2D eigenvalue weighted by atomic mass is 9.89. The average molecular weight is 265 g/mol. The Kier molecular flexibility index (Phi) is 4.37. The minimum atomic E-state index is -0.183. The van der Waals surface area contributed by atoms with Gasteiger partial charge in [-0.25, -0.2) is 5.43 Å². The number of carbonyl (C=O) groups is 1. The summed E-state index contributed by atoms with van der Waals surface area (Å²) in [6, 6.07) is 6.79. The van der Waals surface area contributed by atoms with Gasteiger partial charge in [0.05, 0.1) is 0 Å². The fourth-order valence-corrected chi connectivity index (χ4v) is 2.28. The van der Waals surface area contributed by atoms with Crippen LogP contribution in [-0.2, 0) is 0 Å². The lowest BCUT2D eigenvalue weighted by molar-refractivity contribution is 0.0954. The van der Waals surface area contributed by atoms with Crippen molar-refractivity contribution in [2.24, 2.45) is 11.0 Å². The van der Waals surface area contributed by atoms with Gasteiger partial charge in [0.1, 0.15) is 0 Å². The van der Waals surface area contributed by atoms with Gasteiger partial charge >= 0.3 is 0 Å². The van der Waals surface area contributed by atoms with Crippen LogP contribution >= 0.6 is 11.6 Å². The van der Waals surface area contributed by atoms with Gasteiger partial charge in [-0.15, -0.1) is 0 Å². The molecule has 1 aromatic rings. The molecule has 1 aliphatic carbocycles. The van der Waals surface area contributed by atoms with E-state index >= 15 is 0 Å². The summed E-state index contributed by atoms with van der Waals surface area (Å²) in [5.74, 6) is 0.488. The summed E-state index contributed by atoms with van der Waals surface area (Å²) in [5.41, 5.74) is 4.28. The van der Waals surface area contributed by atoms with Gasteiger partial charge in [0.2, 0.25) is 0 Å².